The minimum atomic E-state index is 0.867. The molecule has 0 amide bonds. The van der Waals surface area contributed by atoms with Gasteiger partial charge < -0.3 is 4.57 Å². The van der Waals surface area contributed by atoms with Crippen LogP contribution in [0.25, 0.3) is 11.4 Å². The molecule has 0 saturated carbocycles. The van der Waals surface area contributed by atoms with Crippen LogP contribution in [-0.4, -0.2) is 14.8 Å². The van der Waals surface area contributed by atoms with Crippen molar-refractivity contribution in [3.63, 3.8) is 0 Å². The number of hydrogen-bond donors (Lipinski definition) is 0. The Balaban J connectivity index is 1.80. The van der Waals surface area contributed by atoms with Crippen LogP contribution in [0.5, 0.6) is 0 Å². The molecule has 1 aromatic heterocycles. The molecule has 0 unspecified atom stereocenters. The van der Waals surface area contributed by atoms with E-state index in [4.69, 9.17) is 0 Å². The molecule has 3 nitrogen and oxygen atoms in total. The summed E-state index contributed by atoms with van der Waals surface area (Å²) < 4.78 is 3.43. The summed E-state index contributed by atoms with van der Waals surface area (Å²) in [5.41, 5.74) is 2.41. The monoisotopic (exact) mass is 421 g/mol. The summed E-state index contributed by atoms with van der Waals surface area (Å²) in [5, 5.41) is 9.72. The van der Waals surface area contributed by atoms with E-state index < -0.39 is 0 Å². The van der Waals surface area contributed by atoms with Crippen molar-refractivity contribution in [3.8, 4) is 11.4 Å². The molecule has 112 valence electrons. The highest BCUT2D eigenvalue weighted by atomic mass is 127. The first-order chi connectivity index (χ1) is 10.8. The SMILES string of the molecule is CCn1c(SCc2ccc(I)cc2)nnc1-c1ccccc1. The van der Waals surface area contributed by atoms with Gasteiger partial charge in [0.1, 0.15) is 0 Å². The van der Waals surface area contributed by atoms with Crippen molar-refractivity contribution < 1.29 is 0 Å². The summed E-state index contributed by atoms with van der Waals surface area (Å²) in [4.78, 5) is 0. The van der Waals surface area contributed by atoms with Crippen molar-refractivity contribution in [1.82, 2.24) is 14.8 Å². The molecule has 0 bridgehead atoms. The first-order valence-corrected chi connectivity index (χ1v) is 9.20. The van der Waals surface area contributed by atoms with Crippen LogP contribution in [0.3, 0.4) is 0 Å². The molecule has 0 saturated heterocycles. The third-order valence-corrected chi connectivity index (χ3v) is 5.10. The first-order valence-electron chi connectivity index (χ1n) is 7.14. The lowest BCUT2D eigenvalue weighted by molar-refractivity contribution is 0.687. The third-order valence-electron chi connectivity index (χ3n) is 3.35. The van der Waals surface area contributed by atoms with Crippen LogP contribution in [0, 0.1) is 3.57 Å². The van der Waals surface area contributed by atoms with Gasteiger partial charge in [0.15, 0.2) is 11.0 Å². The fraction of sp³-hybridized carbons (Fsp3) is 0.176. The lowest BCUT2D eigenvalue weighted by Crippen LogP contribution is -1.99. The van der Waals surface area contributed by atoms with Crippen LogP contribution in [0.15, 0.2) is 59.8 Å². The Kier molecular flexibility index (Phi) is 5.15. The molecule has 0 N–H and O–H groups in total. The van der Waals surface area contributed by atoms with Gasteiger partial charge >= 0.3 is 0 Å². The maximum Gasteiger partial charge on any atom is 0.191 e. The van der Waals surface area contributed by atoms with Crippen LogP contribution in [0.2, 0.25) is 0 Å². The Labute approximate surface area is 148 Å². The summed E-state index contributed by atoms with van der Waals surface area (Å²) in [7, 11) is 0. The molecule has 2 aromatic carbocycles. The largest absolute Gasteiger partial charge is 0.302 e. The number of thioether (sulfide) groups is 1. The Hall–Kier alpha value is -1.34. The highest BCUT2D eigenvalue weighted by molar-refractivity contribution is 14.1. The van der Waals surface area contributed by atoms with E-state index in [1.54, 1.807) is 11.8 Å². The molecule has 3 aromatic rings. The standard InChI is InChI=1S/C17H16IN3S/c1-2-21-16(14-6-4-3-5-7-14)19-20-17(21)22-12-13-8-10-15(18)11-9-13/h3-11H,2,12H2,1H3. The molecule has 0 fully saturated rings. The molecule has 0 aliphatic carbocycles. The van der Waals surface area contributed by atoms with E-state index in [1.807, 2.05) is 18.2 Å². The predicted molar refractivity (Wildman–Crippen MR) is 99.9 cm³/mol. The minimum absolute atomic E-state index is 0.867. The van der Waals surface area contributed by atoms with E-state index in [9.17, 15) is 0 Å². The van der Waals surface area contributed by atoms with Gasteiger partial charge in [0.2, 0.25) is 0 Å². The van der Waals surface area contributed by atoms with Crippen molar-refractivity contribution in [2.24, 2.45) is 0 Å². The Morgan fingerprint density at radius 2 is 1.73 bits per heavy atom. The molecule has 0 spiro atoms. The zero-order valence-electron chi connectivity index (χ0n) is 12.2. The molecule has 5 heteroatoms. The van der Waals surface area contributed by atoms with Crippen LogP contribution in [-0.2, 0) is 12.3 Å². The molecule has 0 atom stereocenters. The summed E-state index contributed by atoms with van der Waals surface area (Å²) in [6, 6.07) is 18.8. The average molecular weight is 421 g/mol. The van der Waals surface area contributed by atoms with Gasteiger partial charge in [0, 0.05) is 21.4 Å². The molecular formula is C17H16IN3S. The van der Waals surface area contributed by atoms with Gasteiger partial charge in [-0.15, -0.1) is 10.2 Å². The molecule has 1 heterocycles. The van der Waals surface area contributed by atoms with E-state index in [0.29, 0.717) is 0 Å². The van der Waals surface area contributed by atoms with Crippen LogP contribution >= 0.6 is 34.4 Å². The van der Waals surface area contributed by atoms with Gasteiger partial charge in [-0.25, -0.2) is 0 Å². The maximum atomic E-state index is 4.37. The highest BCUT2D eigenvalue weighted by Crippen LogP contribution is 2.26. The molecule has 0 radical (unpaired) electrons. The van der Waals surface area contributed by atoms with Crippen molar-refractivity contribution >= 4 is 34.4 Å². The highest BCUT2D eigenvalue weighted by Gasteiger charge is 2.12. The second kappa shape index (κ2) is 7.28. The third kappa shape index (κ3) is 3.52. The van der Waals surface area contributed by atoms with Crippen molar-refractivity contribution in [2.75, 3.05) is 0 Å². The van der Waals surface area contributed by atoms with Gasteiger partial charge in [0.05, 0.1) is 0 Å². The van der Waals surface area contributed by atoms with E-state index in [1.165, 1.54) is 9.13 Å². The zero-order chi connectivity index (χ0) is 15.4. The minimum Gasteiger partial charge on any atom is -0.302 e. The van der Waals surface area contributed by atoms with Crippen molar-refractivity contribution in [3.05, 3.63) is 63.7 Å². The quantitative estimate of drug-likeness (QED) is 0.436. The fourth-order valence-corrected chi connectivity index (χ4v) is 3.53. The second-order valence-corrected chi connectivity index (χ2v) is 7.02. The lowest BCUT2D eigenvalue weighted by atomic mass is 10.2. The molecule has 0 aliphatic rings. The van der Waals surface area contributed by atoms with Crippen LogP contribution in [0.1, 0.15) is 12.5 Å². The van der Waals surface area contributed by atoms with E-state index >= 15 is 0 Å². The van der Waals surface area contributed by atoms with Gasteiger partial charge in [-0.2, -0.15) is 0 Å². The average Bonchev–Trinajstić information content (AvgIpc) is 2.98. The predicted octanol–water partition coefficient (Wildman–Crippen LogP) is 4.86. The van der Waals surface area contributed by atoms with Crippen molar-refractivity contribution in [2.45, 2.75) is 24.4 Å². The second-order valence-electron chi connectivity index (χ2n) is 4.83. The number of benzene rings is 2. The fourth-order valence-electron chi connectivity index (χ4n) is 2.21. The molecule has 22 heavy (non-hydrogen) atoms. The Morgan fingerprint density at radius 1 is 1.00 bits per heavy atom. The summed E-state index contributed by atoms with van der Waals surface area (Å²) in [5.74, 6) is 1.84. The maximum absolute atomic E-state index is 4.37. The number of aromatic nitrogens is 3. The van der Waals surface area contributed by atoms with E-state index in [2.05, 4.69) is 80.7 Å². The number of nitrogens with zero attached hydrogens (tertiary/aromatic N) is 3. The van der Waals surface area contributed by atoms with Crippen LogP contribution in [0.4, 0.5) is 0 Å². The zero-order valence-corrected chi connectivity index (χ0v) is 15.2. The topological polar surface area (TPSA) is 30.7 Å². The first kappa shape index (κ1) is 15.6. The number of rotatable bonds is 5. The van der Waals surface area contributed by atoms with Crippen LogP contribution < -0.4 is 0 Å². The summed E-state index contributed by atoms with van der Waals surface area (Å²) >= 11 is 4.06. The van der Waals surface area contributed by atoms with Gasteiger partial charge in [0.25, 0.3) is 0 Å². The van der Waals surface area contributed by atoms with E-state index in [0.717, 1.165) is 28.8 Å². The lowest BCUT2D eigenvalue weighted by Gasteiger charge is -2.07. The molecule has 0 aliphatic heterocycles. The normalized spacial score (nSPS) is 10.8. The number of halogens is 1. The summed E-state index contributed by atoms with van der Waals surface area (Å²) in [6.45, 7) is 3.00. The Bertz CT molecular complexity index is 738. The van der Waals surface area contributed by atoms with E-state index in [-0.39, 0.29) is 0 Å². The van der Waals surface area contributed by atoms with Gasteiger partial charge in [-0.05, 0) is 47.2 Å². The molecular weight excluding hydrogens is 405 g/mol. The summed E-state index contributed by atoms with van der Waals surface area (Å²) in [6.07, 6.45) is 0. The number of hydrogen-bond acceptors (Lipinski definition) is 3. The van der Waals surface area contributed by atoms with Crippen molar-refractivity contribution in [1.29, 1.82) is 0 Å². The van der Waals surface area contributed by atoms with Gasteiger partial charge in [-0.3, -0.25) is 0 Å². The smallest absolute Gasteiger partial charge is 0.191 e. The van der Waals surface area contributed by atoms with Gasteiger partial charge in [-0.1, -0.05) is 54.2 Å². The molecule has 3 rings (SSSR count). The Morgan fingerprint density at radius 3 is 2.41 bits per heavy atom.